The molecular formula is C20H27NO2. The number of rotatable bonds is 8. The van der Waals surface area contributed by atoms with Crippen molar-refractivity contribution in [3.8, 4) is 5.75 Å². The Kier molecular flexibility index (Phi) is 6.63. The third-order valence-corrected chi connectivity index (χ3v) is 4.42. The van der Waals surface area contributed by atoms with E-state index in [0.717, 1.165) is 30.9 Å². The Morgan fingerprint density at radius 3 is 2.04 bits per heavy atom. The van der Waals surface area contributed by atoms with E-state index in [9.17, 15) is 5.11 Å². The van der Waals surface area contributed by atoms with Crippen molar-refractivity contribution in [2.24, 2.45) is 0 Å². The highest BCUT2D eigenvalue weighted by molar-refractivity contribution is 5.31. The predicted molar refractivity (Wildman–Crippen MR) is 94.9 cm³/mol. The number of benzene rings is 2. The fraction of sp³-hybridized carbons (Fsp3) is 0.400. The van der Waals surface area contributed by atoms with Crippen LogP contribution in [0.4, 0.5) is 0 Å². The Balaban J connectivity index is 2.27. The standard InChI is InChI=1S/C20H27NO2/c1-4-21(5-2)15-19(16-9-7-6-8-10-16)20(22)17-11-13-18(23-3)14-12-17/h6-14,19-20,22H,4-5,15H2,1-3H3/t19-,20-/m0/s1. The summed E-state index contributed by atoms with van der Waals surface area (Å²) in [6, 6.07) is 18.0. The topological polar surface area (TPSA) is 32.7 Å². The molecule has 0 saturated heterocycles. The Hall–Kier alpha value is -1.84. The summed E-state index contributed by atoms with van der Waals surface area (Å²) in [7, 11) is 1.65. The molecule has 2 rings (SSSR count). The zero-order valence-electron chi connectivity index (χ0n) is 14.3. The minimum absolute atomic E-state index is 0.0458. The number of ether oxygens (including phenoxy) is 1. The first-order valence-corrected chi connectivity index (χ1v) is 8.28. The van der Waals surface area contributed by atoms with Crippen molar-refractivity contribution >= 4 is 0 Å². The third kappa shape index (κ3) is 4.57. The first kappa shape index (κ1) is 17.5. The lowest BCUT2D eigenvalue weighted by Gasteiger charge is -2.29. The largest absolute Gasteiger partial charge is 0.497 e. The second-order valence-corrected chi connectivity index (χ2v) is 5.72. The molecule has 0 amide bonds. The van der Waals surface area contributed by atoms with Gasteiger partial charge in [0, 0.05) is 12.5 Å². The van der Waals surface area contributed by atoms with Crippen LogP contribution >= 0.6 is 0 Å². The molecule has 124 valence electrons. The van der Waals surface area contributed by atoms with E-state index in [0.29, 0.717) is 0 Å². The Bertz CT molecular complexity index is 564. The number of methoxy groups -OCH3 is 1. The van der Waals surface area contributed by atoms with Crippen LogP contribution in [0.2, 0.25) is 0 Å². The van der Waals surface area contributed by atoms with Crippen LogP contribution in [0, 0.1) is 0 Å². The number of hydrogen-bond acceptors (Lipinski definition) is 3. The molecule has 0 fully saturated rings. The van der Waals surface area contributed by atoms with Gasteiger partial charge in [0.25, 0.3) is 0 Å². The molecule has 0 aromatic heterocycles. The van der Waals surface area contributed by atoms with Crippen LogP contribution in [0.25, 0.3) is 0 Å². The molecule has 0 heterocycles. The van der Waals surface area contributed by atoms with Gasteiger partial charge in [-0.25, -0.2) is 0 Å². The molecule has 0 bridgehead atoms. The summed E-state index contributed by atoms with van der Waals surface area (Å²) in [6.45, 7) is 7.12. The van der Waals surface area contributed by atoms with Gasteiger partial charge in [0.1, 0.15) is 5.75 Å². The average Bonchev–Trinajstić information content (AvgIpc) is 2.63. The first-order valence-electron chi connectivity index (χ1n) is 8.28. The maximum absolute atomic E-state index is 11.0. The van der Waals surface area contributed by atoms with Gasteiger partial charge < -0.3 is 14.7 Å². The SMILES string of the molecule is CCN(CC)C[C@@H](c1ccccc1)[C@@H](O)c1ccc(OC)cc1. The van der Waals surface area contributed by atoms with Crippen molar-refractivity contribution in [1.29, 1.82) is 0 Å². The molecule has 0 radical (unpaired) electrons. The van der Waals surface area contributed by atoms with Crippen LogP contribution in [-0.4, -0.2) is 36.8 Å². The van der Waals surface area contributed by atoms with E-state index in [4.69, 9.17) is 4.74 Å². The molecule has 0 unspecified atom stereocenters. The van der Waals surface area contributed by atoms with E-state index >= 15 is 0 Å². The summed E-state index contributed by atoms with van der Waals surface area (Å²) in [4.78, 5) is 2.35. The van der Waals surface area contributed by atoms with Gasteiger partial charge in [-0.3, -0.25) is 0 Å². The second-order valence-electron chi connectivity index (χ2n) is 5.72. The van der Waals surface area contributed by atoms with Gasteiger partial charge in [-0.05, 0) is 36.3 Å². The zero-order valence-corrected chi connectivity index (χ0v) is 14.3. The molecule has 0 aliphatic carbocycles. The number of likely N-dealkylation sites (N-methyl/N-ethyl adjacent to an activating group) is 1. The summed E-state index contributed by atoms with van der Waals surface area (Å²) in [6.07, 6.45) is -0.538. The molecule has 1 N–H and O–H groups in total. The summed E-state index contributed by atoms with van der Waals surface area (Å²) in [5, 5.41) is 11.0. The summed E-state index contributed by atoms with van der Waals surface area (Å²) < 4.78 is 5.20. The Morgan fingerprint density at radius 2 is 1.52 bits per heavy atom. The molecule has 2 atom stereocenters. The monoisotopic (exact) mass is 313 g/mol. The second kappa shape index (κ2) is 8.70. The van der Waals surface area contributed by atoms with E-state index in [-0.39, 0.29) is 5.92 Å². The van der Waals surface area contributed by atoms with Crippen molar-refractivity contribution < 1.29 is 9.84 Å². The van der Waals surface area contributed by atoms with E-state index in [2.05, 4.69) is 30.9 Å². The highest BCUT2D eigenvalue weighted by atomic mass is 16.5. The molecule has 2 aromatic rings. The maximum Gasteiger partial charge on any atom is 0.118 e. The van der Waals surface area contributed by atoms with Crippen molar-refractivity contribution in [1.82, 2.24) is 4.90 Å². The van der Waals surface area contributed by atoms with E-state index in [1.54, 1.807) is 7.11 Å². The van der Waals surface area contributed by atoms with Gasteiger partial charge in [-0.15, -0.1) is 0 Å². The summed E-state index contributed by atoms with van der Waals surface area (Å²) in [5.41, 5.74) is 2.09. The van der Waals surface area contributed by atoms with Crippen molar-refractivity contribution in [3.63, 3.8) is 0 Å². The molecule has 2 aromatic carbocycles. The molecule has 0 spiro atoms. The number of hydrogen-bond donors (Lipinski definition) is 1. The van der Waals surface area contributed by atoms with Crippen LogP contribution in [0.5, 0.6) is 5.75 Å². The number of aliphatic hydroxyl groups is 1. The van der Waals surface area contributed by atoms with Crippen molar-refractivity contribution in [2.45, 2.75) is 25.9 Å². The lowest BCUT2D eigenvalue weighted by molar-refractivity contribution is 0.119. The minimum atomic E-state index is -0.538. The smallest absolute Gasteiger partial charge is 0.118 e. The van der Waals surface area contributed by atoms with Crippen LogP contribution in [0.1, 0.15) is 37.0 Å². The molecule has 3 nitrogen and oxygen atoms in total. The van der Waals surface area contributed by atoms with Gasteiger partial charge >= 0.3 is 0 Å². The lowest BCUT2D eigenvalue weighted by Crippen LogP contribution is -2.31. The maximum atomic E-state index is 11.0. The molecule has 0 saturated carbocycles. The molecule has 0 aliphatic rings. The van der Waals surface area contributed by atoms with Crippen LogP contribution in [-0.2, 0) is 0 Å². The van der Waals surface area contributed by atoms with Crippen molar-refractivity contribution in [3.05, 3.63) is 65.7 Å². The molecule has 0 aliphatic heterocycles. The zero-order chi connectivity index (χ0) is 16.7. The van der Waals surface area contributed by atoms with Gasteiger partial charge in [0.15, 0.2) is 0 Å². The predicted octanol–water partition coefficient (Wildman–Crippen LogP) is 3.85. The van der Waals surface area contributed by atoms with Crippen molar-refractivity contribution in [2.75, 3.05) is 26.7 Å². The average molecular weight is 313 g/mol. The highest BCUT2D eigenvalue weighted by Crippen LogP contribution is 2.32. The van der Waals surface area contributed by atoms with Gasteiger partial charge in [0.05, 0.1) is 13.2 Å². The van der Waals surface area contributed by atoms with Gasteiger partial charge in [0.2, 0.25) is 0 Å². The molecule has 23 heavy (non-hydrogen) atoms. The highest BCUT2D eigenvalue weighted by Gasteiger charge is 2.24. The van der Waals surface area contributed by atoms with Crippen LogP contribution in [0.3, 0.4) is 0 Å². The minimum Gasteiger partial charge on any atom is -0.497 e. The molecular weight excluding hydrogens is 286 g/mol. The summed E-state index contributed by atoms with van der Waals surface area (Å²) >= 11 is 0. The van der Waals surface area contributed by atoms with E-state index < -0.39 is 6.10 Å². The quantitative estimate of drug-likeness (QED) is 0.803. The normalized spacial score (nSPS) is 13.8. The van der Waals surface area contributed by atoms with Crippen LogP contribution < -0.4 is 4.74 Å². The number of nitrogens with zero attached hydrogens (tertiary/aromatic N) is 1. The van der Waals surface area contributed by atoms with E-state index in [1.165, 1.54) is 5.56 Å². The van der Waals surface area contributed by atoms with Crippen LogP contribution in [0.15, 0.2) is 54.6 Å². The number of aliphatic hydroxyl groups excluding tert-OH is 1. The summed E-state index contributed by atoms with van der Waals surface area (Å²) in [5.74, 6) is 0.852. The fourth-order valence-electron chi connectivity index (χ4n) is 2.88. The Morgan fingerprint density at radius 1 is 0.913 bits per heavy atom. The lowest BCUT2D eigenvalue weighted by atomic mass is 9.88. The van der Waals surface area contributed by atoms with Gasteiger partial charge in [-0.1, -0.05) is 56.3 Å². The third-order valence-electron chi connectivity index (χ3n) is 4.42. The Labute approximate surface area is 139 Å². The fourth-order valence-corrected chi connectivity index (χ4v) is 2.88. The van der Waals surface area contributed by atoms with E-state index in [1.807, 2.05) is 42.5 Å². The first-order chi connectivity index (χ1) is 11.2. The molecule has 3 heteroatoms. The van der Waals surface area contributed by atoms with Gasteiger partial charge in [-0.2, -0.15) is 0 Å².